The van der Waals surface area contributed by atoms with Crippen LogP contribution in [0.25, 0.3) is 0 Å². The van der Waals surface area contributed by atoms with Crippen molar-refractivity contribution in [3.63, 3.8) is 0 Å². The first kappa shape index (κ1) is 14.8. The summed E-state index contributed by atoms with van der Waals surface area (Å²) in [6.07, 6.45) is 1.87. The summed E-state index contributed by atoms with van der Waals surface area (Å²) in [4.78, 5) is 0. The highest BCUT2D eigenvalue weighted by molar-refractivity contribution is 5.80. The van der Waals surface area contributed by atoms with E-state index < -0.39 is 0 Å². The van der Waals surface area contributed by atoms with Crippen LogP contribution in [0.2, 0.25) is 0 Å². The number of hydrogen-bond donors (Lipinski definition) is 3. The summed E-state index contributed by atoms with van der Waals surface area (Å²) in [6, 6.07) is 10.1. The Morgan fingerprint density at radius 3 is 2.85 bits per heavy atom. The standard InChI is InChI=1S/C15H23N3O2/c1-11-13(7-8-20-11)10-17-14(9-15(16)18-19)12-5-3-2-4-6-12/h2-6,11,13-14,17,19H,7-10H2,1H3,(H2,16,18). The molecule has 110 valence electrons. The van der Waals surface area contributed by atoms with Gasteiger partial charge in [0.05, 0.1) is 6.10 Å². The molecule has 1 aromatic carbocycles. The highest BCUT2D eigenvalue weighted by Gasteiger charge is 2.25. The van der Waals surface area contributed by atoms with Gasteiger partial charge in [-0.3, -0.25) is 0 Å². The van der Waals surface area contributed by atoms with Gasteiger partial charge in [0, 0.05) is 25.6 Å². The van der Waals surface area contributed by atoms with E-state index in [1.807, 2.05) is 18.2 Å². The molecule has 1 aromatic rings. The average Bonchev–Trinajstić information content (AvgIpc) is 2.89. The van der Waals surface area contributed by atoms with Crippen molar-refractivity contribution < 1.29 is 9.94 Å². The van der Waals surface area contributed by atoms with Gasteiger partial charge in [0.25, 0.3) is 0 Å². The Bertz CT molecular complexity index is 436. The molecule has 1 heterocycles. The molecule has 0 radical (unpaired) electrons. The number of nitrogens with one attached hydrogen (secondary N) is 1. The summed E-state index contributed by atoms with van der Waals surface area (Å²) in [5.41, 5.74) is 6.80. The topological polar surface area (TPSA) is 79.9 Å². The Kier molecular flexibility index (Phi) is 5.38. The fraction of sp³-hybridized carbons (Fsp3) is 0.533. The fourth-order valence-corrected chi connectivity index (χ4v) is 2.58. The van der Waals surface area contributed by atoms with Gasteiger partial charge in [-0.25, -0.2) is 0 Å². The highest BCUT2D eigenvalue weighted by atomic mass is 16.5. The van der Waals surface area contributed by atoms with Gasteiger partial charge in [-0.05, 0) is 24.8 Å². The molecule has 1 saturated heterocycles. The van der Waals surface area contributed by atoms with Crippen molar-refractivity contribution >= 4 is 5.84 Å². The third-order valence-electron chi connectivity index (χ3n) is 3.90. The SMILES string of the molecule is CC1OCCC1CNC(C/C(N)=N/O)c1ccccc1. The first-order chi connectivity index (χ1) is 9.70. The van der Waals surface area contributed by atoms with Crippen LogP contribution < -0.4 is 11.1 Å². The van der Waals surface area contributed by atoms with Gasteiger partial charge in [-0.1, -0.05) is 35.5 Å². The van der Waals surface area contributed by atoms with E-state index in [0.717, 1.165) is 25.1 Å². The molecule has 3 atom stereocenters. The lowest BCUT2D eigenvalue weighted by atomic mass is 9.99. The predicted molar refractivity (Wildman–Crippen MR) is 78.7 cm³/mol. The largest absolute Gasteiger partial charge is 0.409 e. The number of hydrogen-bond acceptors (Lipinski definition) is 4. The second-order valence-electron chi connectivity index (χ2n) is 5.29. The molecule has 5 nitrogen and oxygen atoms in total. The number of ether oxygens (including phenoxy) is 1. The van der Waals surface area contributed by atoms with E-state index in [-0.39, 0.29) is 11.9 Å². The molecule has 0 spiro atoms. The van der Waals surface area contributed by atoms with E-state index >= 15 is 0 Å². The predicted octanol–water partition coefficient (Wildman–Crippen LogP) is 1.88. The zero-order valence-electron chi connectivity index (χ0n) is 11.8. The molecule has 20 heavy (non-hydrogen) atoms. The lowest BCUT2D eigenvalue weighted by molar-refractivity contribution is 0.105. The van der Waals surface area contributed by atoms with Crippen molar-refractivity contribution in [1.29, 1.82) is 0 Å². The molecular formula is C15H23N3O2. The van der Waals surface area contributed by atoms with Crippen molar-refractivity contribution in [2.45, 2.75) is 31.9 Å². The van der Waals surface area contributed by atoms with Crippen LogP contribution in [0.1, 0.15) is 31.4 Å². The molecule has 4 N–H and O–H groups in total. The van der Waals surface area contributed by atoms with E-state index in [2.05, 4.69) is 29.5 Å². The monoisotopic (exact) mass is 277 g/mol. The van der Waals surface area contributed by atoms with Crippen molar-refractivity contribution in [2.24, 2.45) is 16.8 Å². The lowest BCUT2D eigenvalue weighted by Gasteiger charge is -2.22. The van der Waals surface area contributed by atoms with Crippen LogP contribution in [0.4, 0.5) is 0 Å². The second kappa shape index (κ2) is 7.26. The smallest absolute Gasteiger partial charge is 0.141 e. The van der Waals surface area contributed by atoms with Crippen LogP contribution >= 0.6 is 0 Å². The zero-order valence-corrected chi connectivity index (χ0v) is 11.8. The third-order valence-corrected chi connectivity index (χ3v) is 3.90. The molecule has 0 aromatic heterocycles. The number of nitrogens with two attached hydrogens (primary N) is 1. The maximum Gasteiger partial charge on any atom is 0.141 e. The maximum atomic E-state index is 8.77. The quantitative estimate of drug-likeness (QED) is 0.321. The number of oxime groups is 1. The Morgan fingerprint density at radius 1 is 1.50 bits per heavy atom. The average molecular weight is 277 g/mol. The maximum absolute atomic E-state index is 8.77. The van der Waals surface area contributed by atoms with Crippen LogP contribution in [-0.4, -0.2) is 30.3 Å². The molecular weight excluding hydrogens is 254 g/mol. The number of benzene rings is 1. The molecule has 2 rings (SSSR count). The Balaban J connectivity index is 1.99. The molecule has 0 bridgehead atoms. The van der Waals surface area contributed by atoms with Crippen LogP contribution in [0.3, 0.4) is 0 Å². The Morgan fingerprint density at radius 2 is 2.25 bits per heavy atom. The van der Waals surface area contributed by atoms with Gasteiger partial charge in [0.15, 0.2) is 0 Å². The minimum absolute atomic E-state index is 0.0555. The fourth-order valence-electron chi connectivity index (χ4n) is 2.58. The minimum atomic E-state index is 0.0555. The normalized spacial score (nSPS) is 24.8. The Hall–Kier alpha value is -1.59. The lowest BCUT2D eigenvalue weighted by Crippen LogP contribution is -2.32. The van der Waals surface area contributed by atoms with Crippen LogP contribution in [-0.2, 0) is 4.74 Å². The van der Waals surface area contributed by atoms with E-state index in [1.165, 1.54) is 0 Å². The molecule has 5 heteroatoms. The summed E-state index contributed by atoms with van der Waals surface area (Å²) in [5.74, 6) is 0.760. The third kappa shape index (κ3) is 3.95. The van der Waals surface area contributed by atoms with Gasteiger partial charge in [-0.15, -0.1) is 0 Å². The van der Waals surface area contributed by atoms with Crippen molar-refractivity contribution in [3.05, 3.63) is 35.9 Å². The Labute approximate surface area is 119 Å². The molecule has 0 saturated carbocycles. The van der Waals surface area contributed by atoms with Crippen molar-refractivity contribution in [2.75, 3.05) is 13.2 Å². The molecule has 0 amide bonds. The van der Waals surface area contributed by atoms with E-state index in [1.54, 1.807) is 0 Å². The van der Waals surface area contributed by atoms with Crippen LogP contribution in [0.15, 0.2) is 35.5 Å². The minimum Gasteiger partial charge on any atom is -0.409 e. The van der Waals surface area contributed by atoms with Gasteiger partial charge >= 0.3 is 0 Å². The van der Waals surface area contributed by atoms with E-state index in [9.17, 15) is 0 Å². The molecule has 1 aliphatic rings. The van der Waals surface area contributed by atoms with Gasteiger partial charge < -0.3 is 21.0 Å². The first-order valence-corrected chi connectivity index (χ1v) is 7.07. The summed E-state index contributed by atoms with van der Waals surface area (Å²) in [5, 5.41) is 15.4. The van der Waals surface area contributed by atoms with Crippen molar-refractivity contribution in [3.8, 4) is 0 Å². The molecule has 1 fully saturated rings. The van der Waals surface area contributed by atoms with E-state index in [4.69, 9.17) is 15.7 Å². The zero-order chi connectivity index (χ0) is 14.4. The molecule has 1 aliphatic heterocycles. The number of nitrogens with zero attached hydrogens (tertiary/aromatic N) is 1. The summed E-state index contributed by atoms with van der Waals surface area (Å²) < 4.78 is 5.58. The number of rotatable bonds is 6. The number of amidine groups is 1. The second-order valence-corrected chi connectivity index (χ2v) is 5.29. The van der Waals surface area contributed by atoms with Crippen molar-refractivity contribution in [1.82, 2.24) is 5.32 Å². The summed E-state index contributed by atoms with van der Waals surface area (Å²) in [7, 11) is 0. The van der Waals surface area contributed by atoms with E-state index in [0.29, 0.717) is 18.4 Å². The van der Waals surface area contributed by atoms with Gasteiger partial charge in [-0.2, -0.15) is 0 Å². The van der Waals surface area contributed by atoms with Crippen LogP contribution in [0.5, 0.6) is 0 Å². The van der Waals surface area contributed by atoms with Gasteiger partial charge in [0.1, 0.15) is 5.84 Å². The van der Waals surface area contributed by atoms with Crippen LogP contribution in [0, 0.1) is 5.92 Å². The first-order valence-electron chi connectivity index (χ1n) is 7.07. The molecule has 3 unspecified atom stereocenters. The molecule has 0 aliphatic carbocycles. The summed E-state index contributed by atoms with van der Waals surface area (Å²) in [6.45, 7) is 3.82. The highest BCUT2D eigenvalue weighted by Crippen LogP contribution is 2.22. The van der Waals surface area contributed by atoms with Gasteiger partial charge in [0.2, 0.25) is 0 Å². The summed E-state index contributed by atoms with van der Waals surface area (Å²) >= 11 is 0.